The number of carbonyl (C=O) groups is 1. The molecule has 2 heterocycles. The molecule has 0 bridgehead atoms. The number of imidazole rings is 1. The van der Waals surface area contributed by atoms with Gasteiger partial charge in [-0.2, -0.15) is 0 Å². The number of nitrogens with zero attached hydrogens (tertiary/aromatic N) is 5. The number of nitro benzene ring substituents is 1. The number of thioether (sulfide) groups is 1. The van der Waals surface area contributed by atoms with Crippen LogP contribution in [0.2, 0.25) is 0 Å². The molecule has 0 atom stereocenters. The molecular weight excluding hydrogens is 374 g/mol. The van der Waals surface area contributed by atoms with E-state index in [4.69, 9.17) is 0 Å². The lowest BCUT2D eigenvalue weighted by Gasteiger charge is -2.03. The standard InChI is InChI=1S/C16H15N5O5S/c1-18-12-13(19(2)16(24)20(3)14(12)23)17-15(18)27-8-11(22)9-4-6-10(7-5-9)21(25)26/h4-7H,8H2,1-3H3. The second kappa shape index (κ2) is 6.83. The van der Waals surface area contributed by atoms with Gasteiger partial charge in [-0.25, -0.2) is 9.78 Å². The molecule has 10 nitrogen and oxygen atoms in total. The van der Waals surface area contributed by atoms with Gasteiger partial charge < -0.3 is 4.57 Å². The Hall–Kier alpha value is -3.21. The third kappa shape index (κ3) is 3.16. The number of nitro groups is 1. The summed E-state index contributed by atoms with van der Waals surface area (Å²) in [4.78, 5) is 51.1. The Bertz CT molecular complexity index is 1190. The lowest BCUT2D eigenvalue weighted by atomic mass is 10.1. The van der Waals surface area contributed by atoms with E-state index in [1.165, 1.54) is 42.9 Å². The van der Waals surface area contributed by atoms with Crippen molar-refractivity contribution < 1.29 is 9.72 Å². The fourth-order valence-electron chi connectivity index (χ4n) is 2.61. The number of hydrogen-bond acceptors (Lipinski definition) is 7. The second-order valence-corrected chi connectivity index (χ2v) is 6.79. The van der Waals surface area contributed by atoms with Crippen molar-refractivity contribution in [3.63, 3.8) is 0 Å². The third-order valence-electron chi connectivity index (χ3n) is 4.17. The molecular formula is C16H15N5O5S. The maximum Gasteiger partial charge on any atom is 0.332 e. The summed E-state index contributed by atoms with van der Waals surface area (Å²) >= 11 is 1.12. The van der Waals surface area contributed by atoms with Gasteiger partial charge in [0, 0.05) is 38.8 Å². The zero-order valence-corrected chi connectivity index (χ0v) is 15.5. The van der Waals surface area contributed by atoms with Gasteiger partial charge in [0.15, 0.2) is 22.1 Å². The highest BCUT2D eigenvalue weighted by molar-refractivity contribution is 7.99. The van der Waals surface area contributed by atoms with E-state index >= 15 is 0 Å². The Kier molecular flexibility index (Phi) is 4.70. The fourth-order valence-corrected chi connectivity index (χ4v) is 3.47. The van der Waals surface area contributed by atoms with E-state index in [9.17, 15) is 24.5 Å². The van der Waals surface area contributed by atoms with Gasteiger partial charge in [0.25, 0.3) is 11.2 Å². The van der Waals surface area contributed by atoms with Crippen LogP contribution in [0.25, 0.3) is 11.2 Å². The number of carbonyl (C=O) groups excluding carboxylic acids is 1. The lowest BCUT2D eigenvalue weighted by Crippen LogP contribution is -2.37. The van der Waals surface area contributed by atoms with Gasteiger partial charge in [-0.1, -0.05) is 11.8 Å². The van der Waals surface area contributed by atoms with Crippen LogP contribution in [0.3, 0.4) is 0 Å². The van der Waals surface area contributed by atoms with Gasteiger partial charge >= 0.3 is 5.69 Å². The minimum absolute atomic E-state index is 0.0310. The lowest BCUT2D eigenvalue weighted by molar-refractivity contribution is -0.384. The van der Waals surface area contributed by atoms with Crippen molar-refractivity contribution in [2.75, 3.05) is 5.75 Å². The summed E-state index contributed by atoms with van der Waals surface area (Å²) in [5.74, 6) is -0.202. The van der Waals surface area contributed by atoms with Crippen LogP contribution in [0, 0.1) is 10.1 Å². The van der Waals surface area contributed by atoms with Crippen molar-refractivity contribution in [2.24, 2.45) is 21.1 Å². The second-order valence-electron chi connectivity index (χ2n) is 5.85. The van der Waals surface area contributed by atoms with Crippen LogP contribution >= 0.6 is 11.8 Å². The quantitative estimate of drug-likeness (QED) is 0.274. The molecule has 0 aliphatic rings. The zero-order chi connectivity index (χ0) is 19.9. The van der Waals surface area contributed by atoms with E-state index in [0.717, 1.165) is 16.3 Å². The summed E-state index contributed by atoms with van der Waals surface area (Å²) in [6.07, 6.45) is 0. The predicted molar refractivity (Wildman–Crippen MR) is 99.3 cm³/mol. The van der Waals surface area contributed by atoms with E-state index in [1.54, 1.807) is 11.6 Å². The molecule has 0 saturated heterocycles. The van der Waals surface area contributed by atoms with E-state index < -0.39 is 16.2 Å². The van der Waals surface area contributed by atoms with Gasteiger partial charge in [0.05, 0.1) is 10.7 Å². The van der Waals surface area contributed by atoms with E-state index in [2.05, 4.69) is 4.98 Å². The predicted octanol–water partition coefficient (Wildman–Crippen LogP) is 0.854. The van der Waals surface area contributed by atoms with Crippen molar-refractivity contribution in [3.8, 4) is 0 Å². The first-order valence-corrected chi connectivity index (χ1v) is 8.73. The van der Waals surface area contributed by atoms with Gasteiger partial charge in [-0.3, -0.25) is 28.8 Å². The summed E-state index contributed by atoms with van der Waals surface area (Å²) in [5.41, 5.74) is -0.178. The van der Waals surface area contributed by atoms with Crippen LogP contribution in [0.1, 0.15) is 10.4 Å². The summed E-state index contributed by atoms with van der Waals surface area (Å²) in [7, 11) is 4.55. The Morgan fingerprint density at radius 3 is 2.33 bits per heavy atom. The van der Waals surface area contributed by atoms with Crippen molar-refractivity contribution in [2.45, 2.75) is 5.16 Å². The normalized spacial score (nSPS) is 11.1. The SMILES string of the molecule is Cn1c(=O)c2c(nc(SCC(=O)c3ccc([N+](=O)[O-])cc3)n2C)n(C)c1=O. The molecule has 140 valence electrons. The van der Waals surface area contributed by atoms with Gasteiger partial charge in [-0.15, -0.1) is 0 Å². The van der Waals surface area contributed by atoms with E-state index in [-0.39, 0.29) is 28.4 Å². The number of Topliss-reactive ketones (excluding diaryl/α,β-unsaturated/α-hetero) is 1. The first kappa shape index (κ1) is 18.6. The molecule has 27 heavy (non-hydrogen) atoms. The molecule has 0 unspecified atom stereocenters. The molecule has 3 aromatic rings. The molecule has 0 aliphatic heterocycles. The van der Waals surface area contributed by atoms with Crippen LogP contribution in [0.5, 0.6) is 0 Å². The number of fused-ring (bicyclic) bond motifs is 1. The molecule has 0 fully saturated rings. The number of aryl methyl sites for hydroxylation is 2. The topological polar surface area (TPSA) is 122 Å². The van der Waals surface area contributed by atoms with Gasteiger partial charge in [-0.05, 0) is 12.1 Å². The van der Waals surface area contributed by atoms with Crippen LogP contribution in [-0.4, -0.2) is 35.1 Å². The molecule has 0 N–H and O–H groups in total. The van der Waals surface area contributed by atoms with Crippen LogP contribution in [-0.2, 0) is 21.1 Å². The minimum atomic E-state index is -0.534. The molecule has 0 radical (unpaired) electrons. The van der Waals surface area contributed by atoms with Crippen LogP contribution < -0.4 is 11.2 Å². The van der Waals surface area contributed by atoms with Crippen molar-refractivity contribution in [3.05, 3.63) is 60.8 Å². The highest BCUT2D eigenvalue weighted by Gasteiger charge is 2.18. The Balaban J connectivity index is 1.88. The number of ketones is 1. The Labute approximate surface area is 156 Å². The largest absolute Gasteiger partial charge is 0.332 e. The number of hydrogen-bond donors (Lipinski definition) is 0. The minimum Gasteiger partial charge on any atom is -0.316 e. The third-order valence-corrected chi connectivity index (χ3v) is 5.20. The van der Waals surface area contributed by atoms with Crippen molar-refractivity contribution in [1.82, 2.24) is 18.7 Å². The number of aromatic nitrogens is 4. The first-order chi connectivity index (χ1) is 12.7. The van der Waals surface area contributed by atoms with Crippen molar-refractivity contribution in [1.29, 1.82) is 0 Å². The fraction of sp³-hybridized carbons (Fsp3) is 0.250. The van der Waals surface area contributed by atoms with Crippen LogP contribution in [0.4, 0.5) is 5.69 Å². The molecule has 11 heteroatoms. The molecule has 0 aliphatic carbocycles. The summed E-state index contributed by atoms with van der Waals surface area (Å²) in [6.45, 7) is 0. The molecule has 0 spiro atoms. The summed E-state index contributed by atoms with van der Waals surface area (Å²) in [6, 6.07) is 5.34. The molecule has 0 saturated carbocycles. The molecule has 2 aromatic heterocycles. The highest BCUT2D eigenvalue weighted by atomic mass is 32.2. The zero-order valence-electron chi connectivity index (χ0n) is 14.7. The van der Waals surface area contributed by atoms with E-state index in [0.29, 0.717) is 10.7 Å². The monoisotopic (exact) mass is 389 g/mol. The van der Waals surface area contributed by atoms with Crippen molar-refractivity contribution >= 4 is 34.4 Å². The summed E-state index contributed by atoms with van der Waals surface area (Å²) in [5, 5.41) is 11.1. The Morgan fingerprint density at radius 2 is 1.74 bits per heavy atom. The summed E-state index contributed by atoms with van der Waals surface area (Å²) < 4.78 is 3.82. The average molecular weight is 389 g/mol. The number of non-ortho nitro benzene ring substituents is 1. The highest BCUT2D eigenvalue weighted by Crippen LogP contribution is 2.22. The molecule has 0 amide bonds. The maximum atomic E-state index is 12.3. The average Bonchev–Trinajstić information content (AvgIpc) is 2.99. The Morgan fingerprint density at radius 1 is 1.11 bits per heavy atom. The number of benzene rings is 1. The molecule has 1 aromatic carbocycles. The first-order valence-electron chi connectivity index (χ1n) is 7.75. The maximum absolute atomic E-state index is 12.3. The van der Waals surface area contributed by atoms with E-state index in [1.807, 2.05) is 0 Å². The van der Waals surface area contributed by atoms with Gasteiger partial charge in [0.2, 0.25) is 0 Å². The molecule has 3 rings (SSSR count). The van der Waals surface area contributed by atoms with Gasteiger partial charge in [0.1, 0.15) is 0 Å². The smallest absolute Gasteiger partial charge is 0.316 e. The number of rotatable bonds is 5. The van der Waals surface area contributed by atoms with Crippen LogP contribution in [0.15, 0.2) is 39.0 Å².